The van der Waals surface area contributed by atoms with Crippen molar-refractivity contribution in [2.24, 2.45) is 0 Å². The molecule has 35 heavy (non-hydrogen) atoms. The quantitative estimate of drug-likeness (QED) is 0.387. The van der Waals surface area contributed by atoms with Gasteiger partial charge >= 0.3 is 0 Å². The summed E-state index contributed by atoms with van der Waals surface area (Å²) in [6.45, 7) is -0.363. The minimum atomic E-state index is -3.96. The Labute approximate surface area is 202 Å². The highest BCUT2D eigenvalue weighted by Crippen LogP contribution is 2.20. The van der Waals surface area contributed by atoms with Crippen molar-refractivity contribution in [2.75, 3.05) is 18.4 Å². The SMILES string of the molecule is COc1ccc(NS(=O)(=O)c2cccc(C(=O)NNC(=O)COc3ccc(CC#N)cc3)c2)cc1. The Morgan fingerprint density at radius 3 is 2.29 bits per heavy atom. The molecule has 3 aromatic carbocycles. The lowest BCUT2D eigenvalue weighted by atomic mass is 10.2. The summed E-state index contributed by atoms with van der Waals surface area (Å²) in [5.74, 6) is -0.326. The smallest absolute Gasteiger partial charge is 0.276 e. The van der Waals surface area contributed by atoms with E-state index in [0.29, 0.717) is 17.2 Å². The lowest BCUT2D eigenvalue weighted by Crippen LogP contribution is -2.43. The average molecular weight is 495 g/mol. The van der Waals surface area contributed by atoms with Gasteiger partial charge in [0.05, 0.1) is 24.5 Å². The number of hydrogen-bond donors (Lipinski definition) is 3. The van der Waals surface area contributed by atoms with Crippen LogP contribution in [0.25, 0.3) is 0 Å². The third-order valence-corrected chi connectivity index (χ3v) is 6.02. The number of sulfonamides is 1. The Kier molecular flexibility index (Phi) is 8.26. The molecule has 0 aliphatic heterocycles. The number of hydrogen-bond acceptors (Lipinski definition) is 7. The molecule has 180 valence electrons. The van der Waals surface area contributed by atoms with Crippen LogP contribution in [0.2, 0.25) is 0 Å². The van der Waals surface area contributed by atoms with Crippen molar-refractivity contribution in [1.82, 2.24) is 10.9 Å². The van der Waals surface area contributed by atoms with Crippen LogP contribution in [0.1, 0.15) is 15.9 Å². The first-order valence-corrected chi connectivity index (χ1v) is 11.7. The van der Waals surface area contributed by atoms with Crippen molar-refractivity contribution in [3.8, 4) is 17.6 Å². The number of benzene rings is 3. The van der Waals surface area contributed by atoms with Crippen LogP contribution in [0.5, 0.6) is 11.5 Å². The second-order valence-corrected chi connectivity index (χ2v) is 8.81. The number of nitrogens with one attached hydrogen (secondary N) is 3. The lowest BCUT2D eigenvalue weighted by molar-refractivity contribution is -0.123. The van der Waals surface area contributed by atoms with Crippen molar-refractivity contribution in [2.45, 2.75) is 11.3 Å². The maximum atomic E-state index is 12.7. The Balaban J connectivity index is 1.54. The van der Waals surface area contributed by atoms with E-state index in [-0.39, 0.29) is 23.5 Å². The standard InChI is InChI=1S/C24H22N4O6S/c1-33-20-11-7-19(8-12-20)28-35(31,32)22-4-2-3-18(15-22)24(30)27-26-23(29)16-34-21-9-5-17(6-10-21)13-14-25/h2-12,15,28H,13,16H2,1H3,(H,26,29)(H,27,30). The molecular formula is C24H22N4O6S. The molecule has 0 atom stereocenters. The van der Waals surface area contributed by atoms with Gasteiger partial charge in [-0.3, -0.25) is 25.2 Å². The van der Waals surface area contributed by atoms with E-state index in [1.165, 1.54) is 31.4 Å². The van der Waals surface area contributed by atoms with Gasteiger partial charge < -0.3 is 9.47 Å². The van der Waals surface area contributed by atoms with Crippen molar-refractivity contribution in [1.29, 1.82) is 5.26 Å². The van der Waals surface area contributed by atoms with E-state index in [1.54, 1.807) is 48.5 Å². The summed E-state index contributed by atoms with van der Waals surface area (Å²) in [4.78, 5) is 24.3. The molecule has 0 radical (unpaired) electrons. The molecule has 0 bridgehead atoms. The van der Waals surface area contributed by atoms with E-state index in [4.69, 9.17) is 14.7 Å². The zero-order valence-corrected chi connectivity index (χ0v) is 19.5. The summed E-state index contributed by atoms with van der Waals surface area (Å²) < 4.78 is 38.2. The third-order valence-electron chi connectivity index (χ3n) is 4.64. The summed E-state index contributed by atoms with van der Waals surface area (Å²) in [6.07, 6.45) is 0.271. The van der Waals surface area contributed by atoms with E-state index >= 15 is 0 Å². The van der Waals surface area contributed by atoms with Crippen LogP contribution >= 0.6 is 0 Å². The second-order valence-electron chi connectivity index (χ2n) is 7.13. The molecule has 0 aromatic heterocycles. The van der Waals surface area contributed by atoms with Gasteiger partial charge in [-0.1, -0.05) is 18.2 Å². The molecule has 11 heteroatoms. The van der Waals surface area contributed by atoms with Crippen LogP contribution < -0.4 is 25.0 Å². The van der Waals surface area contributed by atoms with Gasteiger partial charge in [-0.25, -0.2) is 8.42 Å². The Morgan fingerprint density at radius 2 is 1.63 bits per heavy atom. The van der Waals surface area contributed by atoms with Crippen LogP contribution in [-0.4, -0.2) is 33.9 Å². The molecule has 2 amide bonds. The van der Waals surface area contributed by atoms with E-state index in [9.17, 15) is 18.0 Å². The maximum Gasteiger partial charge on any atom is 0.276 e. The minimum absolute atomic E-state index is 0.0249. The number of carbonyl (C=O) groups is 2. The van der Waals surface area contributed by atoms with Crippen molar-refractivity contribution in [3.63, 3.8) is 0 Å². The second kappa shape index (κ2) is 11.5. The summed E-state index contributed by atoms with van der Waals surface area (Å²) in [5.41, 5.74) is 5.60. The maximum absolute atomic E-state index is 12.7. The number of rotatable bonds is 9. The summed E-state index contributed by atoms with van der Waals surface area (Å²) in [5, 5.41) is 8.68. The Hall–Kier alpha value is -4.56. The van der Waals surface area contributed by atoms with Crippen molar-refractivity contribution < 1.29 is 27.5 Å². The number of ether oxygens (including phenoxy) is 2. The fourth-order valence-corrected chi connectivity index (χ4v) is 3.96. The molecule has 0 spiro atoms. The Bertz CT molecular complexity index is 1330. The van der Waals surface area contributed by atoms with Crippen LogP contribution in [0.3, 0.4) is 0 Å². The fourth-order valence-electron chi connectivity index (χ4n) is 2.86. The van der Waals surface area contributed by atoms with E-state index in [2.05, 4.69) is 15.6 Å². The van der Waals surface area contributed by atoms with Crippen LogP contribution in [0.15, 0.2) is 77.7 Å². The van der Waals surface area contributed by atoms with Gasteiger partial charge in [0.1, 0.15) is 11.5 Å². The molecule has 0 heterocycles. The van der Waals surface area contributed by atoms with E-state index in [1.807, 2.05) is 6.07 Å². The highest BCUT2D eigenvalue weighted by atomic mass is 32.2. The third kappa shape index (κ3) is 7.21. The highest BCUT2D eigenvalue weighted by molar-refractivity contribution is 7.92. The largest absolute Gasteiger partial charge is 0.497 e. The minimum Gasteiger partial charge on any atom is -0.497 e. The molecule has 0 unspecified atom stereocenters. The van der Waals surface area contributed by atoms with Crippen LogP contribution in [0.4, 0.5) is 5.69 Å². The Morgan fingerprint density at radius 1 is 0.943 bits per heavy atom. The topological polar surface area (TPSA) is 147 Å². The summed E-state index contributed by atoms with van der Waals surface area (Å²) >= 11 is 0. The number of nitriles is 1. The first-order chi connectivity index (χ1) is 16.8. The number of carbonyl (C=O) groups excluding carboxylic acids is 2. The zero-order chi connectivity index (χ0) is 25.3. The molecule has 3 N–H and O–H groups in total. The van der Waals surface area contributed by atoms with Gasteiger partial charge in [-0.15, -0.1) is 0 Å². The van der Waals surface area contributed by atoms with Crippen molar-refractivity contribution >= 4 is 27.5 Å². The molecule has 10 nitrogen and oxygen atoms in total. The first-order valence-electron chi connectivity index (χ1n) is 10.3. The van der Waals surface area contributed by atoms with Gasteiger partial charge in [-0.2, -0.15) is 5.26 Å². The molecule has 0 saturated heterocycles. The lowest BCUT2D eigenvalue weighted by Gasteiger charge is -2.11. The number of methoxy groups -OCH3 is 1. The number of nitrogens with zero attached hydrogens (tertiary/aromatic N) is 1. The molecule has 0 saturated carbocycles. The average Bonchev–Trinajstić information content (AvgIpc) is 2.87. The van der Waals surface area contributed by atoms with E-state index in [0.717, 1.165) is 5.56 Å². The van der Waals surface area contributed by atoms with Gasteiger partial charge in [0, 0.05) is 11.3 Å². The number of anilines is 1. The monoisotopic (exact) mass is 494 g/mol. The molecule has 0 fully saturated rings. The predicted molar refractivity (Wildman–Crippen MR) is 127 cm³/mol. The fraction of sp³-hybridized carbons (Fsp3) is 0.125. The molecule has 0 aliphatic carbocycles. The highest BCUT2D eigenvalue weighted by Gasteiger charge is 2.17. The van der Waals surface area contributed by atoms with Gasteiger partial charge in [0.2, 0.25) is 0 Å². The normalized spacial score (nSPS) is 10.5. The number of hydrazine groups is 1. The van der Waals surface area contributed by atoms with Crippen molar-refractivity contribution in [3.05, 3.63) is 83.9 Å². The summed E-state index contributed by atoms with van der Waals surface area (Å²) in [7, 11) is -2.46. The first kappa shape index (κ1) is 25.1. The van der Waals surface area contributed by atoms with E-state index < -0.39 is 21.8 Å². The summed E-state index contributed by atoms with van der Waals surface area (Å²) in [6, 6.07) is 20.4. The van der Waals surface area contributed by atoms with Crippen LogP contribution in [0, 0.1) is 11.3 Å². The van der Waals surface area contributed by atoms with Gasteiger partial charge in [-0.05, 0) is 60.2 Å². The van der Waals surface area contributed by atoms with Gasteiger partial charge in [0.15, 0.2) is 6.61 Å². The predicted octanol–water partition coefficient (Wildman–Crippen LogP) is 2.40. The molecular weight excluding hydrogens is 472 g/mol. The van der Waals surface area contributed by atoms with Gasteiger partial charge in [0.25, 0.3) is 21.8 Å². The number of amides is 2. The molecule has 0 aliphatic rings. The zero-order valence-electron chi connectivity index (χ0n) is 18.6. The van der Waals surface area contributed by atoms with Crippen LogP contribution in [-0.2, 0) is 21.2 Å². The molecule has 3 aromatic rings. The molecule has 3 rings (SSSR count).